The van der Waals surface area contributed by atoms with Crippen LogP contribution < -0.4 is 15.2 Å². The fourth-order valence-electron chi connectivity index (χ4n) is 2.15. The number of ether oxygens (including phenoxy) is 2. The van der Waals surface area contributed by atoms with Crippen LogP contribution in [0.4, 0.5) is 5.69 Å². The van der Waals surface area contributed by atoms with E-state index in [2.05, 4.69) is 10.2 Å². The van der Waals surface area contributed by atoms with E-state index in [1.165, 1.54) is 0 Å². The zero-order chi connectivity index (χ0) is 14.1. The number of nitrogens with two attached hydrogens (primary N) is 1. The minimum atomic E-state index is 0.617. The number of para-hydroxylation sites is 1. The second kappa shape index (κ2) is 4.73. The second-order valence-electron chi connectivity index (χ2n) is 4.26. The van der Waals surface area contributed by atoms with E-state index in [4.69, 9.17) is 15.2 Å². The van der Waals surface area contributed by atoms with Crippen LogP contribution in [-0.2, 0) is 0 Å². The molecule has 0 saturated heterocycles. The van der Waals surface area contributed by atoms with Gasteiger partial charge in [-0.2, -0.15) is 0 Å². The Morgan fingerprint density at radius 3 is 2.65 bits per heavy atom. The molecule has 3 aromatic rings. The standard InChI is InChI=1S/C14H14N4O2/c1-19-11-5-3-4-10(13(11)20-2)14-17-16-12-7-6-9(15)8-18(12)14/h3-8H,15H2,1-2H3. The van der Waals surface area contributed by atoms with Crippen molar-refractivity contribution in [3.05, 3.63) is 36.5 Å². The van der Waals surface area contributed by atoms with Gasteiger partial charge in [-0.1, -0.05) is 6.07 Å². The summed E-state index contributed by atoms with van der Waals surface area (Å²) in [4.78, 5) is 0. The van der Waals surface area contributed by atoms with E-state index in [0.717, 1.165) is 11.2 Å². The molecule has 2 heterocycles. The molecular weight excluding hydrogens is 256 g/mol. The van der Waals surface area contributed by atoms with E-state index in [1.807, 2.05) is 28.7 Å². The summed E-state index contributed by atoms with van der Waals surface area (Å²) in [5.74, 6) is 1.92. The monoisotopic (exact) mass is 270 g/mol. The molecule has 6 nitrogen and oxygen atoms in total. The highest BCUT2D eigenvalue weighted by Gasteiger charge is 2.16. The normalized spacial score (nSPS) is 10.7. The number of hydrogen-bond acceptors (Lipinski definition) is 5. The fraction of sp³-hybridized carbons (Fsp3) is 0.143. The van der Waals surface area contributed by atoms with E-state index < -0.39 is 0 Å². The van der Waals surface area contributed by atoms with Crippen molar-refractivity contribution in [1.82, 2.24) is 14.6 Å². The number of rotatable bonds is 3. The van der Waals surface area contributed by atoms with Gasteiger partial charge in [-0.3, -0.25) is 4.40 Å². The van der Waals surface area contributed by atoms with Gasteiger partial charge in [0.05, 0.1) is 19.8 Å². The van der Waals surface area contributed by atoms with Crippen molar-refractivity contribution in [1.29, 1.82) is 0 Å². The van der Waals surface area contributed by atoms with Gasteiger partial charge >= 0.3 is 0 Å². The summed E-state index contributed by atoms with van der Waals surface area (Å²) >= 11 is 0. The third-order valence-electron chi connectivity index (χ3n) is 3.07. The number of aromatic nitrogens is 3. The third kappa shape index (κ3) is 1.82. The van der Waals surface area contributed by atoms with Gasteiger partial charge in [0.25, 0.3) is 0 Å². The summed E-state index contributed by atoms with van der Waals surface area (Å²) in [6.45, 7) is 0. The first kappa shape index (κ1) is 12.3. The lowest BCUT2D eigenvalue weighted by atomic mass is 10.1. The molecule has 3 rings (SSSR count). The number of methoxy groups -OCH3 is 2. The summed E-state index contributed by atoms with van der Waals surface area (Å²) < 4.78 is 12.6. The van der Waals surface area contributed by atoms with Crippen LogP contribution in [0, 0.1) is 0 Å². The van der Waals surface area contributed by atoms with Gasteiger partial charge in [0, 0.05) is 11.9 Å². The highest BCUT2D eigenvalue weighted by atomic mass is 16.5. The lowest BCUT2D eigenvalue weighted by Crippen LogP contribution is -1.97. The molecule has 6 heteroatoms. The van der Waals surface area contributed by atoms with Gasteiger partial charge in [-0.15, -0.1) is 10.2 Å². The van der Waals surface area contributed by atoms with E-state index in [1.54, 1.807) is 26.5 Å². The van der Waals surface area contributed by atoms with Gasteiger partial charge in [0.1, 0.15) is 0 Å². The first-order chi connectivity index (χ1) is 9.74. The van der Waals surface area contributed by atoms with Gasteiger partial charge in [0.2, 0.25) is 0 Å². The summed E-state index contributed by atoms with van der Waals surface area (Å²) in [7, 11) is 3.19. The molecule has 102 valence electrons. The zero-order valence-electron chi connectivity index (χ0n) is 11.2. The Morgan fingerprint density at radius 1 is 1.05 bits per heavy atom. The van der Waals surface area contributed by atoms with Crippen molar-refractivity contribution >= 4 is 11.3 Å². The summed E-state index contributed by atoms with van der Waals surface area (Å²) in [6, 6.07) is 9.22. The van der Waals surface area contributed by atoms with Crippen molar-refractivity contribution in [3.8, 4) is 22.9 Å². The van der Waals surface area contributed by atoms with E-state index in [-0.39, 0.29) is 0 Å². The lowest BCUT2D eigenvalue weighted by Gasteiger charge is -2.11. The van der Waals surface area contributed by atoms with E-state index in [9.17, 15) is 0 Å². The Bertz CT molecular complexity index is 767. The molecule has 0 amide bonds. The zero-order valence-corrected chi connectivity index (χ0v) is 11.2. The molecule has 0 unspecified atom stereocenters. The largest absolute Gasteiger partial charge is 0.493 e. The molecule has 0 spiro atoms. The molecule has 2 aromatic heterocycles. The molecule has 0 aliphatic carbocycles. The average Bonchev–Trinajstić information content (AvgIpc) is 2.89. The lowest BCUT2D eigenvalue weighted by molar-refractivity contribution is 0.356. The summed E-state index contributed by atoms with van der Waals surface area (Å²) in [5, 5.41) is 8.34. The van der Waals surface area contributed by atoms with Crippen LogP contribution in [0.3, 0.4) is 0 Å². The minimum Gasteiger partial charge on any atom is -0.493 e. The van der Waals surface area contributed by atoms with Crippen LogP contribution in [0.1, 0.15) is 0 Å². The number of benzene rings is 1. The van der Waals surface area contributed by atoms with Crippen LogP contribution >= 0.6 is 0 Å². The molecule has 0 atom stereocenters. The van der Waals surface area contributed by atoms with Crippen LogP contribution in [0.15, 0.2) is 36.5 Å². The van der Waals surface area contributed by atoms with Crippen molar-refractivity contribution in [3.63, 3.8) is 0 Å². The van der Waals surface area contributed by atoms with Gasteiger partial charge in [-0.25, -0.2) is 0 Å². The van der Waals surface area contributed by atoms with Crippen molar-refractivity contribution in [2.45, 2.75) is 0 Å². The van der Waals surface area contributed by atoms with E-state index >= 15 is 0 Å². The SMILES string of the molecule is COc1cccc(-c2nnc3ccc(N)cn23)c1OC. The van der Waals surface area contributed by atoms with Crippen molar-refractivity contribution in [2.24, 2.45) is 0 Å². The minimum absolute atomic E-state index is 0.617. The average molecular weight is 270 g/mol. The molecule has 0 aliphatic heterocycles. The van der Waals surface area contributed by atoms with Gasteiger partial charge in [-0.05, 0) is 24.3 Å². The topological polar surface area (TPSA) is 74.7 Å². The predicted molar refractivity (Wildman–Crippen MR) is 75.9 cm³/mol. The van der Waals surface area contributed by atoms with Gasteiger partial charge in [0.15, 0.2) is 23.0 Å². The highest BCUT2D eigenvalue weighted by Crippen LogP contribution is 2.37. The number of anilines is 1. The van der Waals surface area contributed by atoms with Crippen LogP contribution in [-0.4, -0.2) is 28.8 Å². The van der Waals surface area contributed by atoms with Crippen LogP contribution in [0.2, 0.25) is 0 Å². The fourth-order valence-corrected chi connectivity index (χ4v) is 2.15. The Balaban J connectivity index is 2.28. The second-order valence-corrected chi connectivity index (χ2v) is 4.26. The molecule has 0 saturated carbocycles. The quantitative estimate of drug-likeness (QED) is 0.787. The molecule has 0 radical (unpaired) electrons. The van der Waals surface area contributed by atoms with Crippen molar-refractivity contribution < 1.29 is 9.47 Å². The summed E-state index contributed by atoms with van der Waals surface area (Å²) in [5.41, 5.74) is 7.98. The molecule has 0 bridgehead atoms. The maximum atomic E-state index is 5.82. The molecular formula is C14H14N4O2. The molecule has 20 heavy (non-hydrogen) atoms. The number of nitrogens with zero attached hydrogens (tertiary/aromatic N) is 3. The number of hydrogen-bond donors (Lipinski definition) is 1. The highest BCUT2D eigenvalue weighted by molar-refractivity contribution is 5.71. The van der Waals surface area contributed by atoms with Crippen LogP contribution in [0.5, 0.6) is 11.5 Å². The number of pyridine rings is 1. The number of nitrogen functional groups attached to an aromatic ring is 1. The Morgan fingerprint density at radius 2 is 1.90 bits per heavy atom. The molecule has 0 aliphatic rings. The molecule has 2 N–H and O–H groups in total. The smallest absolute Gasteiger partial charge is 0.172 e. The number of fused-ring (bicyclic) bond motifs is 1. The maximum absolute atomic E-state index is 5.82. The maximum Gasteiger partial charge on any atom is 0.172 e. The van der Waals surface area contributed by atoms with Crippen LogP contribution in [0.25, 0.3) is 17.0 Å². The predicted octanol–water partition coefficient (Wildman–Crippen LogP) is 2.00. The first-order valence-corrected chi connectivity index (χ1v) is 6.06. The van der Waals surface area contributed by atoms with E-state index in [0.29, 0.717) is 23.0 Å². The summed E-state index contributed by atoms with van der Waals surface area (Å²) in [6.07, 6.45) is 1.78. The Kier molecular flexibility index (Phi) is 2.90. The molecule has 1 aromatic carbocycles. The van der Waals surface area contributed by atoms with Gasteiger partial charge < -0.3 is 15.2 Å². The third-order valence-corrected chi connectivity index (χ3v) is 3.07. The first-order valence-electron chi connectivity index (χ1n) is 6.06. The molecule has 0 fully saturated rings. The Hall–Kier alpha value is -2.76. The van der Waals surface area contributed by atoms with Crippen molar-refractivity contribution in [2.75, 3.05) is 20.0 Å². The Labute approximate surface area is 115 Å².